The smallest absolute Gasteiger partial charge is 0.280 e. The van der Waals surface area contributed by atoms with E-state index in [1.165, 1.54) is 22.7 Å². The van der Waals surface area contributed by atoms with E-state index in [4.69, 9.17) is 0 Å². The highest BCUT2D eigenvalue weighted by molar-refractivity contribution is 7.18. The molecule has 0 bridgehead atoms. The second kappa shape index (κ2) is 45.9. The summed E-state index contributed by atoms with van der Waals surface area (Å²) in [6.45, 7) is 50.7. The normalized spacial score (nSPS) is 17.4. The van der Waals surface area contributed by atoms with E-state index in [9.17, 15) is 76.3 Å². The first-order valence-electron chi connectivity index (χ1n) is 47.9. The third kappa shape index (κ3) is 31.1. The molecule has 4 fully saturated rings. The van der Waals surface area contributed by atoms with Crippen molar-refractivity contribution < 1.29 is 76.3 Å². The van der Waals surface area contributed by atoms with Gasteiger partial charge in [-0.15, -0.1) is 45.3 Å². The molecular weight excluding hydrogens is 1880 g/mol. The van der Waals surface area contributed by atoms with Gasteiger partial charge in [0.25, 0.3) is 59.1 Å². The number of carbonyl (C=O) groups is 8. The number of nitrogens with one attached hydrogen (secondary N) is 8. The number of aliphatic hydroxyl groups is 4. The Morgan fingerprint density at radius 3 is 0.864 bits per heavy atom. The molecular formula is C100H144F4N20O12S4. The van der Waals surface area contributed by atoms with Gasteiger partial charge in [-0.1, -0.05) is 27.7 Å². The van der Waals surface area contributed by atoms with Gasteiger partial charge in [0.05, 0.1) is 55.0 Å². The van der Waals surface area contributed by atoms with E-state index in [0.717, 1.165) is 135 Å². The zero-order valence-corrected chi connectivity index (χ0v) is 89.3. The van der Waals surface area contributed by atoms with E-state index in [1.807, 2.05) is 75.6 Å². The Labute approximate surface area is 836 Å². The maximum atomic E-state index is 14.0. The Kier molecular flexibility index (Phi) is 37.1. The second-order valence-electron chi connectivity index (χ2n) is 41.9. The SMILES string of the molecule is CCC(C)(C)Nc1cc(C)c(-c2sc(C(=O)NCC(C)(C)O)nc2C(=O)N2CC(F)(F)C[C@@H]2C)cn1.CCC(C)(C)Nc1cc(C)c(-c2sc(C(=O)NCC(C)(C)O)nc2C(=O)N2CCCC[C@@H]2C)cn1.CCC(C)(C)Nc1cc(C)c(-c2sc(C(=O)NCC(C)(C)O)nc2C(=O)N2CCC[C@@H]2C)cn1.CC[C@@H](C)Nc1cc(C)c(-c2sc(C(=O)NCC(C)(C)O)nc2C(=O)N2CC(F)(F)C[C@@H]2C)cn1. The lowest BCUT2D eigenvalue weighted by molar-refractivity contribution is 0.0115. The van der Waals surface area contributed by atoms with Gasteiger partial charge in [0, 0.05) is 146 Å². The lowest BCUT2D eigenvalue weighted by atomic mass is 10.0. The van der Waals surface area contributed by atoms with Gasteiger partial charge in [-0.3, -0.25) is 38.4 Å². The summed E-state index contributed by atoms with van der Waals surface area (Å²) in [5.41, 5.74) is 1.98. The Hall–Kier alpha value is -10.4. The van der Waals surface area contributed by atoms with E-state index < -0.39 is 108 Å². The van der Waals surface area contributed by atoms with Crippen LogP contribution >= 0.6 is 45.3 Å². The number of likely N-dealkylation sites (tertiary alicyclic amines) is 4. The van der Waals surface area contributed by atoms with E-state index >= 15 is 0 Å². The summed E-state index contributed by atoms with van der Waals surface area (Å²) in [7, 11) is 0. The molecule has 12 heterocycles. The lowest BCUT2D eigenvalue weighted by Gasteiger charge is -2.33. The molecule has 40 heteroatoms. The number of anilines is 4. The van der Waals surface area contributed by atoms with Crippen LogP contribution in [0.15, 0.2) is 49.1 Å². The predicted molar refractivity (Wildman–Crippen MR) is 546 cm³/mol. The number of thiazole rings is 4. The number of rotatable bonds is 32. The molecule has 8 aromatic rings. The number of piperidine rings is 1. The van der Waals surface area contributed by atoms with Gasteiger partial charge in [0.15, 0.2) is 20.0 Å². The third-order valence-electron chi connectivity index (χ3n) is 24.8. The van der Waals surface area contributed by atoms with Gasteiger partial charge in [-0.25, -0.2) is 57.4 Å². The topological polar surface area (TPSA) is 430 Å². The summed E-state index contributed by atoms with van der Waals surface area (Å²) in [5.74, 6) is -6.62. The molecule has 0 saturated carbocycles. The number of hydrogen-bond donors (Lipinski definition) is 12. The Morgan fingerprint density at radius 2 is 0.643 bits per heavy atom. The third-order valence-corrected chi connectivity index (χ3v) is 29.1. The monoisotopic (exact) mass is 2020 g/mol. The van der Waals surface area contributed by atoms with Crippen LogP contribution in [0.1, 0.15) is 333 Å². The van der Waals surface area contributed by atoms with Crippen molar-refractivity contribution in [1.29, 1.82) is 0 Å². The predicted octanol–water partition coefficient (Wildman–Crippen LogP) is 17.4. The Morgan fingerprint density at radius 1 is 0.393 bits per heavy atom. The number of halogens is 4. The number of carbonyl (C=O) groups excluding carboxylic acids is 8. The molecule has 12 rings (SSSR count). The number of amides is 8. The molecule has 0 aliphatic carbocycles. The highest BCUT2D eigenvalue weighted by Gasteiger charge is 2.49. The lowest BCUT2D eigenvalue weighted by Crippen LogP contribution is -2.42. The number of aryl methyl sites for hydroxylation is 4. The average Bonchev–Trinajstić information content (AvgIpc) is 1.63. The molecule has 140 heavy (non-hydrogen) atoms. The van der Waals surface area contributed by atoms with Gasteiger partial charge in [-0.05, 0) is 264 Å². The van der Waals surface area contributed by atoms with E-state index in [1.54, 1.807) is 94.0 Å². The molecule has 4 saturated heterocycles. The van der Waals surface area contributed by atoms with E-state index in [-0.39, 0.29) is 116 Å². The largest absolute Gasteiger partial charge is 0.389 e. The van der Waals surface area contributed by atoms with Crippen LogP contribution in [-0.4, -0.2) is 261 Å². The van der Waals surface area contributed by atoms with Crippen molar-refractivity contribution in [3.05, 3.63) is 114 Å². The van der Waals surface area contributed by atoms with E-state index in [2.05, 4.69) is 159 Å². The fourth-order valence-corrected chi connectivity index (χ4v) is 19.5. The minimum Gasteiger partial charge on any atom is -0.389 e. The van der Waals surface area contributed by atoms with Gasteiger partial charge in [0.1, 0.15) is 46.0 Å². The van der Waals surface area contributed by atoms with Gasteiger partial charge in [-0.2, -0.15) is 0 Å². The van der Waals surface area contributed by atoms with Crippen molar-refractivity contribution in [2.24, 2.45) is 0 Å². The van der Waals surface area contributed by atoms with Crippen LogP contribution < -0.4 is 42.5 Å². The Balaban J connectivity index is 0.000000209. The molecule has 8 amide bonds. The standard InChI is InChI=1S/C26H39N5O3S.C25H35F2N5O3S.C25H37N5O3S.C24H33F2N5O3S/c1-8-25(4,5)30-19-13-16(2)18(14-27-19)21-20(24(33)31-12-10-9-11-17(31)3)29-23(35-21)22(32)28-15-26(6,7)34;1-8-23(4,5)31-17-9-14(2)16(11-28-17)19-18(22(34)32-13-25(26,27)10-15(32)3)30-21(36-19)20(33)29-12-24(6,7)35;1-8-24(4,5)29-18-12-15(2)17(13-26-18)20-19(23(32)30-11-9-10-16(30)3)28-22(34-20)21(31)27-14-25(6,7)33;1-7-14(3)29-17-8-13(2)16(10-27-17)19-18(22(33)31-12-24(25,26)9-15(31)4)30-21(35-19)20(32)28-11-23(5,6)34/h13-14,17,34H,8-12,15H2,1-7H3,(H,27,30)(H,28,32);9,11,15,35H,8,10,12-13H2,1-7H3,(H,28,31)(H,29,33);12-13,16,33H,8-11,14H2,1-7H3,(H,26,29)(H,27,31);8,10,14-15,34H,7,9,11-12H2,1-6H3,(H,27,29)(H,28,32)/t17-;15-;16-;14-,15+/m0001/s1. The molecule has 4 aliphatic heterocycles. The minimum absolute atomic E-state index is 0.00456. The number of nitrogens with zero attached hydrogens (tertiary/aromatic N) is 12. The van der Waals surface area contributed by atoms with Crippen molar-refractivity contribution >= 4 is 116 Å². The van der Waals surface area contributed by atoms with Gasteiger partial charge >= 0.3 is 0 Å². The first kappa shape index (κ1) is 113. The highest BCUT2D eigenvalue weighted by atomic mass is 32.1. The maximum Gasteiger partial charge on any atom is 0.280 e. The summed E-state index contributed by atoms with van der Waals surface area (Å²) in [6.07, 6.45) is 14.5. The number of pyridine rings is 4. The molecule has 8 aromatic heterocycles. The summed E-state index contributed by atoms with van der Waals surface area (Å²) < 4.78 is 56.1. The molecule has 4 aliphatic rings. The van der Waals surface area contributed by atoms with Crippen molar-refractivity contribution in [3.8, 4) is 41.8 Å². The molecule has 12 N–H and O–H groups in total. The fraction of sp³-hybridized carbons (Fsp3) is 0.600. The Bertz CT molecular complexity index is 5750. The van der Waals surface area contributed by atoms with Crippen molar-refractivity contribution in [2.75, 3.05) is 73.6 Å². The van der Waals surface area contributed by atoms with Gasteiger partial charge in [0.2, 0.25) is 0 Å². The quantitative estimate of drug-likeness (QED) is 0.0174. The molecule has 0 spiro atoms. The minimum atomic E-state index is -2.98. The average molecular weight is 2020 g/mol. The van der Waals surface area contributed by atoms with Crippen LogP contribution in [0.2, 0.25) is 0 Å². The van der Waals surface area contributed by atoms with Crippen molar-refractivity contribution in [3.63, 3.8) is 0 Å². The first-order valence-corrected chi connectivity index (χ1v) is 51.2. The first-order chi connectivity index (χ1) is 64.8. The zero-order valence-electron chi connectivity index (χ0n) is 86.0. The van der Waals surface area contributed by atoms with Crippen molar-refractivity contribution in [1.82, 2.24) is 80.7 Å². The fourth-order valence-electron chi connectivity index (χ4n) is 15.3. The number of hydrogen-bond acceptors (Lipinski definition) is 28. The molecule has 0 aromatic carbocycles. The van der Waals surface area contributed by atoms with Crippen LogP contribution in [0.4, 0.5) is 40.8 Å². The molecule has 0 unspecified atom stereocenters. The summed E-state index contributed by atoms with van der Waals surface area (Å²) in [5, 5.41) is 64.4. The summed E-state index contributed by atoms with van der Waals surface area (Å²) >= 11 is 4.37. The molecule has 32 nitrogen and oxygen atoms in total. The van der Waals surface area contributed by atoms with Crippen LogP contribution in [0.25, 0.3) is 41.8 Å². The summed E-state index contributed by atoms with van der Waals surface area (Å²) in [4.78, 5) is 149. The highest BCUT2D eigenvalue weighted by Crippen LogP contribution is 2.43. The van der Waals surface area contributed by atoms with E-state index in [0.29, 0.717) is 55.4 Å². The van der Waals surface area contributed by atoms with Crippen molar-refractivity contribution in [2.45, 2.75) is 339 Å². The molecule has 5 atom stereocenters. The van der Waals surface area contributed by atoms with Gasteiger partial charge < -0.3 is 82.6 Å². The second-order valence-corrected chi connectivity index (χ2v) is 45.9. The van der Waals surface area contributed by atoms with Crippen LogP contribution in [0.5, 0.6) is 0 Å². The number of aromatic nitrogens is 8. The van der Waals surface area contributed by atoms with Crippen LogP contribution in [0.3, 0.4) is 0 Å². The molecule has 768 valence electrons. The van der Waals surface area contributed by atoms with Crippen LogP contribution in [-0.2, 0) is 0 Å². The summed E-state index contributed by atoms with van der Waals surface area (Å²) in [6, 6.07) is 6.77. The maximum absolute atomic E-state index is 14.0. The number of alkyl halides is 4. The molecule has 0 radical (unpaired) electrons. The van der Waals surface area contributed by atoms with Crippen LogP contribution in [0, 0.1) is 27.7 Å². The zero-order chi connectivity index (χ0) is 104.